The van der Waals surface area contributed by atoms with Crippen LogP contribution in [0.1, 0.15) is 11.1 Å². The van der Waals surface area contributed by atoms with E-state index in [0.29, 0.717) is 22.8 Å². The first-order valence-corrected chi connectivity index (χ1v) is 7.60. The van der Waals surface area contributed by atoms with Gasteiger partial charge in [-0.15, -0.1) is 0 Å². The normalized spacial score (nSPS) is 10.6. The summed E-state index contributed by atoms with van der Waals surface area (Å²) in [6.45, 7) is 0. The van der Waals surface area contributed by atoms with E-state index in [2.05, 4.69) is 11.1 Å². The number of benzene rings is 2. The van der Waals surface area contributed by atoms with Gasteiger partial charge in [-0.25, -0.2) is 4.99 Å². The average molecular weight is 332 g/mol. The van der Waals surface area contributed by atoms with Crippen molar-refractivity contribution in [3.05, 3.63) is 65.7 Å². The highest BCUT2D eigenvalue weighted by Gasteiger charge is 2.11. The van der Waals surface area contributed by atoms with Gasteiger partial charge in [0, 0.05) is 17.8 Å². The zero-order chi connectivity index (χ0) is 17.6. The van der Waals surface area contributed by atoms with Crippen molar-refractivity contribution in [2.45, 2.75) is 0 Å². The molecule has 5 heteroatoms. The van der Waals surface area contributed by atoms with Crippen LogP contribution in [0, 0.1) is 11.3 Å². The van der Waals surface area contributed by atoms with Gasteiger partial charge in [0.25, 0.3) is 0 Å². The van der Waals surface area contributed by atoms with Crippen LogP contribution >= 0.6 is 0 Å². The van der Waals surface area contributed by atoms with E-state index in [1.807, 2.05) is 36.4 Å². The van der Waals surface area contributed by atoms with Gasteiger partial charge in [0.2, 0.25) is 5.88 Å². The summed E-state index contributed by atoms with van der Waals surface area (Å²) >= 11 is 0. The number of hydrogen-bond donors (Lipinski definition) is 0. The van der Waals surface area contributed by atoms with Crippen LogP contribution in [0.5, 0.6) is 11.5 Å². The molecule has 0 amide bonds. The van der Waals surface area contributed by atoms with Gasteiger partial charge in [0.15, 0.2) is 11.5 Å². The topological polar surface area (TPSA) is 67.8 Å². The lowest BCUT2D eigenvalue weighted by molar-refractivity contribution is 0.355. The van der Waals surface area contributed by atoms with Crippen LogP contribution in [0.15, 0.2) is 64.0 Å². The zero-order valence-corrected chi connectivity index (χ0v) is 13.9. The molecule has 0 N–H and O–H groups in total. The van der Waals surface area contributed by atoms with Gasteiger partial charge in [-0.2, -0.15) is 5.26 Å². The minimum atomic E-state index is 0.274. The fraction of sp³-hybridized carbons (Fsp3) is 0.100. The van der Waals surface area contributed by atoms with Crippen molar-refractivity contribution in [2.24, 2.45) is 4.99 Å². The van der Waals surface area contributed by atoms with E-state index >= 15 is 0 Å². The predicted molar refractivity (Wildman–Crippen MR) is 95.7 cm³/mol. The van der Waals surface area contributed by atoms with Crippen LogP contribution in [0.4, 0.5) is 5.88 Å². The number of rotatable bonds is 5. The van der Waals surface area contributed by atoms with E-state index in [1.165, 1.54) is 0 Å². The molecule has 1 aromatic heterocycles. The van der Waals surface area contributed by atoms with Crippen molar-refractivity contribution < 1.29 is 13.9 Å². The molecule has 25 heavy (non-hydrogen) atoms. The molecule has 0 radical (unpaired) electrons. The van der Waals surface area contributed by atoms with E-state index < -0.39 is 0 Å². The Kier molecular flexibility index (Phi) is 4.82. The number of methoxy groups -OCH3 is 2. The fourth-order valence-corrected chi connectivity index (χ4v) is 2.37. The first-order chi connectivity index (χ1) is 12.2. The average Bonchev–Trinajstić information content (AvgIpc) is 3.10. The maximum atomic E-state index is 9.31. The molecular weight excluding hydrogens is 316 g/mol. The Morgan fingerprint density at radius 3 is 2.44 bits per heavy atom. The summed E-state index contributed by atoms with van der Waals surface area (Å²) < 4.78 is 16.2. The molecule has 0 saturated heterocycles. The van der Waals surface area contributed by atoms with Gasteiger partial charge in [0.1, 0.15) is 17.4 Å². The third-order valence-corrected chi connectivity index (χ3v) is 3.63. The monoisotopic (exact) mass is 332 g/mol. The molecule has 0 fully saturated rings. The van der Waals surface area contributed by atoms with Crippen LogP contribution in [0.2, 0.25) is 0 Å². The van der Waals surface area contributed by atoms with Gasteiger partial charge in [0.05, 0.1) is 14.2 Å². The molecule has 0 spiro atoms. The van der Waals surface area contributed by atoms with E-state index in [9.17, 15) is 5.26 Å². The summed E-state index contributed by atoms with van der Waals surface area (Å²) in [6.07, 6.45) is 1.62. The van der Waals surface area contributed by atoms with Crippen molar-refractivity contribution in [2.75, 3.05) is 14.2 Å². The summed E-state index contributed by atoms with van der Waals surface area (Å²) in [7, 11) is 3.16. The summed E-state index contributed by atoms with van der Waals surface area (Å²) in [5.41, 5.74) is 2.08. The third-order valence-electron chi connectivity index (χ3n) is 3.63. The lowest BCUT2D eigenvalue weighted by Gasteiger charge is -2.07. The summed E-state index contributed by atoms with van der Waals surface area (Å²) in [5.74, 6) is 2.13. The molecule has 1 heterocycles. The number of ether oxygens (including phenoxy) is 2. The molecule has 3 rings (SSSR count). The summed E-state index contributed by atoms with van der Waals surface area (Å²) in [6, 6.07) is 18.8. The van der Waals surface area contributed by atoms with Crippen LogP contribution in [-0.2, 0) is 0 Å². The molecule has 124 valence electrons. The first-order valence-electron chi connectivity index (χ1n) is 7.60. The van der Waals surface area contributed by atoms with Crippen LogP contribution in [0.25, 0.3) is 11.3 Å². The number of nitrogens with zero attached hydrogens (tertiary/aromatic N) is 2. The zero-order valence-electron chi connectivity index (χ0n) is 13.9. The smallest absolute Gasteiger partial charge is 0.237 e. The third kappa shape index (κ3) is 3.54. The molecule has 0 unspecified atom stereocenters. The Morgan fingerprint density at radius 1 is 1.00 bits per heavy atom. The highest BCUT2D eigenvalue weighted by Crippen LogP contribution is 2.31. The molecular formula is C20H16N2O3. The number of nitriles is 1. The largest absolute Gasteiger partial charge is 0.493 e. The lowest BCUT2D eigenvalue weighted by atomic mass is 10.1. The fourth-order valence-electron chi connectivity index (χ4n) is 2.37. The molecule has 5 nitrogen and oxygen atoms in total. The van der Waals surface area contributed by atoms with Gasteiger partial charge in [-0.3, -0.25) is 0 Å². The van der Waals surface area contributed by atoms with Crippen molar-refractivity contribution in [3.8, 4) is 28.9 Å². The minimum absolute atomic E-state index is 0.274. The Hall–Kier alpha value is -3.52. The molecule has 0 atom stereocenters. The van der Waals surface area contributed by atoms with Crippen LogP contribution in [-0.4, -0.2) is 20.4 Å². The first kappa shape index (κ1) is 16.3. The van der Waals surface area contributed by atoms with Crippen LogP contribution in [0.3, 0.4) is 0 Å². The maximum Gasteiger partial charge on any atom is 0.237 e. The Bertz CT molecular complexity index is 937. The Morgan fingerprint density at radius 2 is 1.76 bits per heavy atom. The molecule has 0 saturated carbocycles. The van der Waals surface area contributed by atoms with E-state index in [-0.39, 0.29) is 5.88 Å². The van der Waals surface area contributed by atoms with Crippen molar-refractivity contribution in [3.63, 3.8) is 0 Å². The second-order valence-corrected chi connectivity index (χ2v) is 5.18. The van der Waals surface area contributed by atoms with Gasteiger partial charge in [-0.05, 0) is 23.8 Å². The quantitative estimate of drug-likeness (QED) is 0.641. The van der Waals surface area contributed by atoms with Gasteiger partial charge in [-0.1, -0.05) is 30.3 Å². The van der Waals surface area contributed by atoms with E-state index in [0.717, 1.165) is 11.1 Å². The molecule has 0 aliphatic rings. The standard InChI is InChI=1S/C20H16N2O3/c1-23-17-9-8-14(10-19(17)24-2)13-22-20-16(12-21)11-18(25-20)15-6-4-3-5-7-15/h3-11,13H,1-2H3/b22-13+. The van der Waals surface area contributed by atoms with Crippen molar-refractivity contribution >= 4 is 12.1 Å². The predicted octanol–water partition coefficient (Wildman–Crippen LogP) is 4.59. The molecule has 0 aliphatic carbocycles. The number of furan rings is 1. The Balaban J connectivity index is 1.91. The van der Waals surface area contributed by atoms with E-state index in [1.54, 1.807) is 38.6 Å². The number of hydrogen-bond acceptors (Lipinski definition) is 5. The summed E-state index contributed by atoms with van der Waals surface area (Å²) in [4.78, 5) is 4.31. The van der Waals surface area contributed by atoms with Gasteiger partial charge < -0.3 is 13.9 Å². The van der Waals surface area contributed by atoms with Crippen LogP contribution < -0.4 is 9.47 Å². The van der Waals surface area contributed by atoms with Crippen molar-refractivity contribution in [1.82, 2.24) is 0 Å². The minimum Gasteiger partial charge on any atom is -0.493 e. The molecule has 2 aromatic carbocycles. The van der Waals surface area contributed by atoms with Crippen molar-refractivity contribution in [1.29, 1.82) is 5.26 Å². The number of aliphatic imine (C=N–C) groups is 1. The molecule has 0 aliphatic heterocycles. The van der Waals surface area contributed by atoms with Gasteiger partial charge >= 0.3 is 0 Å². The molecule has 0 bridgehead atoms. The van der Waals surface area contributed by atoms with E-state index in [4.69, 9.17) is 13.9 Å². The summed E-state index contributed by atoms with van der Waals surface area (Å²) in [5, 5.41) is 9.31. The highest BCUT2D eigenvalue weighted by molar-refractivity contribution is 5.83. The second-order valence-electron chi connectivity index (χ2n) is 5.18. The highest BCUT2D eigenvalue weighted by atomic mass is 16.5. The molecule has 3 aromatic rings. The second kappa shape index (κ2) is 7.37. The Labute approximate surface area is 145 Å². The lowest BCUT2D eigenvalue weighted by Crippen LogP contribution is -1.91. The maximum absolute atomic E-state index is 9.31. The SMILES string of the molecule is COc1ccc(/C=N/c2oc(-c3ccccc3)cc2C#N)cc1OC.